The lowest BCUT2D eigenvalue weighted by atomic mass is 9.90. The Hall–Kier alpha value is -1.52. The maximum atomic E-state index is 12.1. The SMILES string of the molecule is CC(C)c1onc2c1C(=O)NC(C(C)(C)C)N2. The molecule has 17 heavy (non-hydrogen) atoms. The van der Waals surface area contributed by atoms with Crippen molar-refractivity contribution in [3.63, 3.8) is 0 Å². The van der Waals surface area contributed by atoms with Gasteiger partial charge in [0.25, 0.3) is 5.91 Å². The number of hydrogen-bond donors (Lipinski definition) is 2. The van der Waals surface area contributed by atoms with Gasteiger partial charge in [0.2, 0.25) is 0 Å². The van der Waals surface area contributed by atoms with Crippen LogP contribution in [0.1, 0.15) is 56.7 Å². The predicted octanol–water partition coefficient (Wildman–Crippen LogP) is 2.33. The van der Waals surface area contributed by atoms with Gasteiger partial charge in [-0.2, -0.15) is 0 Å². The molecule has 0 radical (unpaired) electrons. The Morgan fingerprint density at radius 2 is 1.94 bits per heavy atom. The van der Waals surface area contributed by atoms with Crippen molar-refractivity contribution in [2.45, 2.75) is 46.7 Å². The first-order valence-electron chi connectivity index (χ1n) is 5.87. The summed E-state index contributed by atoms with van der Waals surface area (Å²) in [5, 5.41) is 10.1. The number of nitrogens with zero attached hydrogens (tertiary/aromatic N) is 1. The van der Waals surface area contributed by atoms with Crippen LogP contribution in [0.15, 0.2) is 4.52 Å². The van der Waals surface area contributed by atoms with Crippen molar-refractivity contribution in [2.24, 2.45) is 5.41 Å². The minimum Gasteiger partial charge on any atom is -0.358 e. The normalized spacial score (nSPS) is 19.9. The topological polar surface area (TPSA) is 67.2 Å². The molecule has 2 heterocycles. The molecule has 0 saturated carbocycles. The van der Waals surface area contributed by atoms with Gasteiger partial charge in [-0.05, 0) is 0 Å². The summed E-state index contributed by atoms with van der Waals surface area (Å²) in [5.41, 5.74) is 0.463. The monoisotopic (exact) mass is 237 g/mol. The third kappa shape index (κ3) is 2.01. The van der Waals surface area contributed by atoms with Crippen molar-refractivity contribution in [1.82, 2.24) is 10.5 Å². The Morgan fingerprint density at radius 1 is 1.29 bits per heavy atom. The standard InChI is InChI=1S/C12H19N3O2/c1-6(2)8-7-9(15-17-8)13-11(12(3,4)5)14-10(7)16/h6,11H,1-5H3,(H,13,15)(H,14,16). The summed E-state index contributed by atoms with van der Waals surface area (Å²) in [7, 11) is 0. The van der Waals surface area contributed by atoms with E-state index in [2.05, 4.69) is 36.6 Å². The predicted molar refractivity (Wildman–Crippen MR) is 64.9 cm³/mol. The maximum absolute atomic E-state index is 12.1. The van der Waals surface area contributed by atoms with Gasteiger partial charge in [0, 0.05) is 11.3 Å². The zero-order valence-electron chi connectivity index (χ0n) is 10.9. The minimum absolute atomic E-state index is 0.0791. The molecule has 0 bridgehead atoms. The molecule has 1 aromatic heterocycles. The Kier molecular flexibility index (Phi) is 2.64. The number of aromatic nitrogens is 1. The molecular weight excluding hydrogens is 218 g/mol. The van der Waals surface area contributed by atoms with Gasteiger partial charge in [0.15, 0.2) is 11.6 Å². The van der Waals surface area contributed by atoms with Gasteiger partial charge < -0.3 is 15.2 Å². The zero-order valence-corrected chi connectivity index (χ0v) is 10.9. The first kappa shape index (κ1) is 12.0. The lowest BCUT2D eigenvalue weighted by Crippen LogP contribution is -2.52. The summed E-state index contributed by atoms with van der Waals surface area (Å²) in [6.45, 7) is 10.1. The van der Waals surface area contributed by atoms with E-state index in [1.54, 1.807) is 0 Å². The van der Waals surface area contributed by atoms with Crippen molar-refractivity contribution in [2.75, 3.05) is 5.32 Å². The van der Waals surface area contributed by atoms with E-state index in [0.717, 1.165) is 0 Å². The molecule has 2 rings (SSSR count). The second-order valence-corrected chi connectivity index (χ2v) is 5.84. The van der Waals surface area contributed by atoms with E-state index in [1.807, 2.05) is 13.8 Å². The Labute approximate surface area is 101 Å². The van der Waals surface area contributed by atoms with E-state index < -0.39 is 0 Å². The van der Waals surface area contributed by atoms with Gasteiger partial charge in [-0.3, -0.25) is 4.79 Å². The van der Waals surface area contributed by atoms with Crippen LogP contribution in [0.3, 0.4) is 0 Å². The summed E-state index contributed by atoms with van der Waals surface area (Å²) >= 11 is 0. The number of rotatable bonds is 1. The number of carbonyl (C=O) groups is 1. The molecule has 0 spiro atoms. The molecule has 1 aromatic rings. The van der Waals surface area contributed by atoms with Gasteiger partial charge in [-0.25, -0.2) is 0 Å². The number of fused-ring (bicyclic) bond motifs is 1. The molecule has 0 fully saturated rings. The molecule has 1 aliphatic heterocycles. The zero-order chi connectivity index (χ0) is 12.8. The highest BCUT2D eigenvalue weighted by Crippen LogP contribution is 2.31. The largest absolute Gasteiger partial charge is 0.358 e. The Balaban J connectivity index is 2.37. The van der Waals surface area contributed by atoms with Crippen molar-refractivity contribution in [3.05, 3.63) is 11.3 Å². The average molecular weight is 237 g/mol. The van der Waals surface area contributed by atoms with Crippen LogP contribution in [0.2, 0.25) is 0 Å². The molecular formula is C12H19N3O2. The highest BCUT2D eigenvalue weighted by molar-refractivity contribution is 6.01. The summed E-state index contributed by atoms with van der Waals surface area (Å²) in [6.07, 6.45) is -0.132. The van der Waals surface area contributed by atoms with Crippen LogP contribution in [-0.2, 0) is 0 Å². The molecule has 0 aliphatic carbocycles. The minimum atomic E-state index is -0.132. The number of hydrogen-bond acceptors (Lipinski definition) is 4. The van der Waals surface area contributed by atoms with E-state index in [1.165, 1.54) is 0 Å². The van der Waals surface area contributed by atoms with Crippen molar-refractivity contribution >= 4 is 11.7 Å². The molecule has 0 saturated heterocycles. The van der Waals surface area contributed by atoms with E-state index in [-0.39, 0.29) is 23.4 Å². The third-order valence-electron chi connectivity index (χ3n) is 2.89. The molecule has 1 amide bonds. The van der Waals surface area contributed by atoms with E-state index >= 15 is 0 Å². The maximum Gasteiger partial charge on any atom is 0.260 e. The molecule has 0 aromatic carbocycles. The first-order chi connectivity index (χ1) is 7.80. The second kappa shape index (κ2) is 3.75. The van der Waals surface area contributed by atoms with Gasteiger partial charge in [0.05, 0.1) is 0 Å². The van der Waals surface area contributed by atoms with Crippen LogP contribution < -0.4 is 10.6 Å². The number of carbonyl (C=O) groups excluding carboxylic acids is 1. The molecule has 2 N–H and O–H groups in total. The van der Waals surface area contributed by atoms with Gasteiger partial charge in [-0.15, -0.1) is 0 Å². The van der Waals surface area contributed by atoms with Crippen LogP contribution in [0.4, 0.5) is 5.82 Å². The van der Waals surface area contributed by atoms with E-state index in [9.17, 15) is 4.79 Å². The highest BCUT2D eigenvalue weighted by Gasteiger charge is 2.36. The lowest BCUT2D eigenvalue weighted by Gasteiger charge is -2.34. The van der Waals surface area contributed by atoms with Crippen molar-refractivity contribution in [1.29, 1.82) is 0 Å². The first-order valence-corrected chi connectivity index (χ1v) is 5.87. The van der Waals surface area contributed by atoms with Gasteiger partial charge in [-0.1, -0.05) is 39.8 Å². The Morgan fingerprint density at radius 3 is 2.47 bits per heavy atom. The smallest absolute Gasteiger partial charge is 0.260 e. The van der Waals surface area contributed by atoms with Crippen LogP contribution in [0.25, 0.3) is 0 Å². The average Bonchev–Trinajstić information content (AvgIpc) is 2.60. The van der Waals surface area contributed by atoms with E-state index in [4.69, 9.17) is 4.52 Å². The molecule has 94 valence electrons. The Bertz CT molecular complexity index is 443. The molecule has 5 heteroatoms. The summed E-state index contributed by atoms with van der Waals surface area (Å²) < 4.78 is 5.24. The number of anilines is 1. The quantitative estimate of drug-likeness (QED) is 0.786. The molecule has 1 unspecified atom stereocenters. The van der Waals surface area contributed by atoms with Crippen molar-refractivity contribution < 1.29 is 9.32 Å². The van der Waals surface area contributed by atoms with Gasteiger partial charge in [0.1, 0.15) is 11.7 Å². The van der Waals surface area contributed by atoms with Crippen LogP contribution in [-0.4, -0.2) is 17.2 Å². The van der Waals surface area contributed by atoms with Crippen LogP contribution in [0, 0.1) is 5.41 Å². The fourth-order valence-electron chi connectivity index (χ4n) is 1.82. The fourth-order valence-corrected chi connectivity index (χ4v) is 1.82. The molecule has 1 atom stereocenters. The summed E-state index contributed by atoms with van der Waals surface area (Å²) in [6, 6.07) is 0. The third-order valence-corrected chi connectivity index (χ3v) is 2.89. The second-order valence-electron chi connectivity index (χ2n) is 5.84. The lowest BCUT2D eigenvalue weighted by molar-refractivity contribution is 0.0902. The van der Waals surface area contributed by atoms with Crippen LogP contribution in [0.5, 0.6) is 0 Å². The van der Waals surface area contributed by atoms with Gasteiger partial charge >= 0.3 is 0 Å². The highest BCUT2D eigenvalue weighted by atomic mass is 16.5. The molecule has 1 aliphatic rings. The summed E-state index contributed by atoms with van der Waals surface area (Å²) in [4.78, 5) is 12.1. The van der Waals surface area contributed by atoms with Crippen LogP contribution >= 0.6 is 0 Å². The number of amides is 1. The fraction of sp³-hybridized carbons (Fsp3) is 0.667. The number of nitrogens with one attached hydrogen (secondary N) is 2. The summed E-state index contributed by atoms with van der Waals surface area (Å²) in [5.74, 6) is 1.23. The van der Waals surface area contributed by atoms with Crippen molar-refractivity contribution in [3.8, 4) is 0 Å². The van der Waals surface area contributed by atoms with E-state index in [0.29, 0.717) is 17.1 Å². The molecule has 5 nitrogen and oxygen atoms in total.